The van der Waals surface area contributed by atoms with E-state index in [1.165, 1.54) is 0 Å². The first-order valence-electron chi connectivity index (χ1n) is 6.92. The number of para-hydroxylation sites is 1. The van der Waals surface area contributed by atoms with Crippen molar-refractivity contribution in [1.29, 1.82) is 0 Å². The highest BCUT2D eigenvalue weighted by Gasteiger charge is 2.14. The molecule has 0 aliphatic heterocycles. The highest BCUT2D eigenvalue weighted by atomic mass is 16.5. The molecule has 4 aromatic rings. The molecule has 106 valence electrons. The summed E-state index contributed by atoms with van der Waals surface area (Å²) in [6.07, 6.45) is 3.41. The van der Waals surface area contributed by atoms with Crippen LogP contribution >= 0.6 is 0 Å². The van der Waals surface area contributed by atoms with Crippen LogP contribution in [0.25, 0.3) is 33.7 Å². The van der Waals surface area contributed by atoms with E-state index in [1.807, 2.05) is 49.4 Å². The Morgan fingerprint density at radius 2 is 1.91 bits per heavy atom. The summed E-state index contributed by atoms with van der Waals surface area (Å²) < 4.78 is 5.37. The minimum Gasteiger partial charge on any atom is -0.334 e. The summed E-state index contributed by atoms with van der Waals surface area (Å²) in [6.45, 7) is 1.96. The predicted octanol–water partition coefficient (Wildman–Crippen LogP) is 3.66. The fourth-order valence-electron chi connectivity index (χ4n) is 2.43. The molecule has 0 aliphatic carbocycles. The zero-order valence-corrected chi connectivity index (χ0v) is 11.9. The van der Waals surface area contributed by atoms with Crippen LogP contribution in [0.3, 0.4) is 0 Å². The van der Waals surface area contributed by atoms with Crippen LogP contribution in [0.5, 0.6) is 0 Å². The van der Waals surface area contributed by atoms with E-state index in [0.29, 0.717) is 11.7 Å². The summed E-state index contributed by atoms with van der Waals surface area (Å²) in [6, 6.07) is 13.6. The van der Waals surface area contributed by atoms with Crippen LogP contribution < -0.4 is 0 Å². The summed E-state index contributed by atoms with van der Waals surface area (Å²) in [5.74, 6) is 1.02. The fourth-order valence-corrected chi connectivity index (χ4v) is 2.43. The van der Waals surface area contributed by atoms with Crippen LogP contribution in [0.2, 0.25) is 0 Å². The van der Waals surface area contributed by atoms with E-state index in [-0.39, 0.29) is 0 Å². The second-order valence-corrected chi connectivity index (χ2v) is 4.99. The van der Waals surface area contributed by atoms with Crippen LogP contribution in [0.4, 0.5) is 0 Å². The Morgan fingerprint density at radius 3 is 2.77 bits per heavy atom. The molecule has 5 heteroatoms. The predicted molar refractivity (Wildman–Crippen MR) is 83.0 cm³/mol. The largest absolute Gasteiger partial charge is 0.334 e. The van der Waals surface area contributed by atoms with Gasteiger partial charge < -0.3 is 4.52 Å². The van der Waals surface area contributed by atoms with Crippen LogP contribution in [0.1, 0.15) is 5.69 Å². The summed E-state index contributed by atoms with van der Waals surface area (Å²) in [7, 11) is 0. The molecular formula is C17H12N4O. The summed E-state index contributed by atoms with van der Waals surface area (Å²) in [5, 5.41) is 5.12. The Hall–Kier alpha value is -3.08. The normalized spacial score (nSPS) is 11.0. The van der Waals surface area contributed by atoms with Gasteiger partial charge >= 0.3 is 0 Å². The molecular weight excluding hydrogens is 276 g/mol. The van der Waals surface area contributed by atoms with Gasteiger partial charge in [-0.25, -0.2) is 0 Å². The first kappa shape index (κ1) is 12.6. The van der Waals surface area contributed by atoms with Gasteiger partial charge in [0.15, 0.2) is 0 Å². The monoisotopic (exact) mass is 288 g/mol. The minimum absolute atomic E-state index is 0.460. The van der Waals surface area contributed by atoms with Gasteiger partial charge in [-0.15, -0.1) is 0 Å². The second kappa shape index (κ2) is 5.04. The Morgan fingerprint density at radius 1 is 1.00 bits per heavy atom. The van der Waals surface area contributed by atoms with E-state index in [4.69, 9.17) is 4.52 Å². The molecule has 0 saturated carbocycles. The molecule has 3 heterocycles. The number of hydrogen-bond donors (Lipinski definition) is 0. The van der Waals surface area contributed by atoms with Crippen molar-refractivity contribution in [3.05, 3.63) is 60.6 Å². The van der Waals surface area contributed by atoms with Crippen molar-refractivity contribution >= 4 is 10.9 Å². The topological polar surface area (TPSA) is 64.7 Å². The van der Waals surface area contributed by atoms with Gasteiger partial charge in [-0.2, -0.15) is 4.98 Å². The van der Waals surface area contributed by atoms with Crippen molar-refractivity contribution in [2.75, 3.05) is 0 Å². The van der Waals surface area contributed by atoms with Crippen molar-refractivity contribution in [1.82, 2.24) is 20.1 Å². The molecule has 0 saturated heterocycles. The lowest BCUT2D eigenvalue weighted by Crippen LogP contribution is -1.89. The van der Waals surface area contributed by atoms with Gasteiger partial charge in [0, 0.05) is 29.0 Å². The van der Waals surface area contributed by atoms with Crippen LogP contribution in [0.15, 0.2) is 59.4 Å². The molecule has 0 N–H and O–H groups in total. The van der Waals surface area contributed by atoms with Gasteiger partial charge in [-0.05, 0) is 31.2 Å². The third kappa shape index (κ3) is 2.13. The molecule has 0 fully saturated rings. The second-order valence-electron chi connectivity index (χ2n) is 4.99. The Bertz CT molecular complexity index is 947. The number of rotatable bonds is 2. The fraction of sp³-hybridized carbons (Fsp3) is 0.0588. The lowest BCUT2D eigenvalue weighted by atomic mass is 10.1. The number of aryl methyl sites for hydroxylation is 1. The van der Waals surface area contributed by atoms with E-state index in [2.05, 4.69) is 20.1 Å². The molecule has 0 unspecified atom stereocenters. The first-order valence-corrected chi connectivity index (χ1v) is 6.92. The quantitative estimate of drug-likeness (QED) is 0.563. The molecule has 3 aromatic heterocycles. The molecule has 0 atom stereocenters. The smallest absolute Gasteiger partial charge is 0.259 e. The Kier molecular flexibility index (Phi) is 2.89. The van der Waals surface area contributed by atoms with Crippen molar-refractivity contribution in [2.45, 2.75) is 6.92 Å². The van der Waals surface area contributed by atoms with E-state index in [0.717, 1.165) is 27.7 Å². The maximum absolute atomic E-state index is 5.37. The zero-order valence-electron chi connectivity index (χ0n) is 11.9. The molecule has 0 bridgehead atoms. The van der Waals surface area contributed by atoms with Crippen molar-refractivity contribution in [3.8, 4) is 22.8 Å². The number of hydrogen-bond acceptors (Lipinski definition) is 5. The third-order valence-electron chi connectivity index (χ3n) is 3.42. The molecule has 0 aliphatic rings. The molecule has 4 rings (SSSR count). The van der Waals surface area contributed by atoms with E-state index in [1.54, 1.807) is 12.4 Å². The maximum Gasteiger partial charge on any atom is 0.259 e. The van der Waals surface area contributed by atoms with Gasteiger partial charge in [0.1, 0.15) is 0 Å². The summed E-state index contributed by atoms with van der Waals surface area (Å²) in [4.78, 5) is 13.1. The maximum atomic E-state index is 5.37. The lowest BCUT2D eigenvalue weighted by Gasteiger charge is -2.03. The molecule has 0 radical (unpaired) electrons. The van der Waals surface area contributed by atoms with Crippen molar-refractivity contribution in [3.63, 3.8) is 0 Å². The highest BCUT2D eigenvalue weighted by molar-refractivity contribution is 5.92. The molecule has 22 heavy (non-hydrogen) atoms. The third-order valence-corrected chi connectivity index (χ3v) is 3.42. The van der Waals surface area contributed by atoms with Gasteiger partial charge in [0.05, 0.1) is 11.1 Å². The lowest BCUT2D eigenvalue weighted by molar-refractivity contribution is 0.432. The van der Waals surface area contributed by atoms with E-state index < -0.39 is 0 Å². The number of benzene rings is 1. The summed E-state index contributed by atoms with van der Waals surface area (Å²) in [5.41, 5.74) is 3.56. The molecule has 0 spiro atoms. The Balaban J connectivity index is 1.88. The molecule has 5 nitrogen and oxygen atoms in total. The van der Waals surface area contributed by atoms with E-state index >= 15 is 0 Å². The molecule has 1 aromatic carbocycles. The zero-order chi connectivity index (χ0) is 14.9. The first-order chi connectivity index (χ1) is 10.8. The summed E-state index contributed by atoms with van der Waals surface area (Å²) >= 11 is 0. The van der Waals surface area contributed by atoms with Gasteiger partial charge in [-0.1, -0.05) is 23.4 Å². The van der Waals surface area contributed by atoms with Crippen LogP contribution in [0, 0.1) is 6.92 Å². The number of nitrogens with zero attached hydrogens (tertiary/aromatic N) is 4. The van der Waals surface area contributed by atoms with Gasteiger partial charge in [0.25, 0.3) is 5.89 Å². The average molecular weight is 288 g/mol. The molecule has 0 amide bonds. The standard InChI is InChI=1S/C17H12N4O/c1-11-9-14(13-6-2-3-7-15(13)19-11)16-20-17(22-21-16)12-5-4-8-18-10-12/h2-10H,1H3. The number of fused-ring (bicyclic) bond motifs is 1. The highest BCUT2D eigenvalue weighted by Crippen LogP contribution is 2.28. The van der Waals surface area contributed by atoms with Crippen LogP contribution in [-0.2, 0) is 0 Å². The van der Waals surface area contributed by atoms with Crippen molar-refractivity contribution < 1.29 is 4.52 Å². The van der Waals surface area contributed by atoms with E-state index in [9.17, 15) is 0 Å². The van der Waals surface area contributed by atoms with Gasteiger partial charge in [0.2, 0.25) is 5.82 Å². The van der Waals surface area contributed by atoms with Gasteiger partial charge in [-0.3, -0.25) is 9.97 Å². The Labute approximate surface area is 126 Å². The number of aromatic nitrogens is 4. The average Bonchev–Trinajstić information content (AvgIpc) is 3.05. The van der Waals surface area contributed by atoms with Crippen molar-refractivity contribution in [2.24, 2.45) is 0 Å². The number of pyridine rings is 2. The SMILES string of the molecule is Cc1cc(-c2noc(-c3cccnc3)n2)c2ccccc2n1. The van der Waals surface area contributed by atoms with Crippen LogP contribution in [-0.4, -0.2) is 20.1 Å². The minimum atomic E-state index is 0.460.